The molecule has 1 atom stereocenters. The molecule has 0 radical (unpaired) electrons. The summed E-state index contributed by atoms with van der Waals surface area (Å²) in [5, 5.41) is 3.49. The van der Waals surface area contributed by atoms with E-state index in [0.29, 0.717) is 23.2 Å². The van der Waals surface area contributed by atoms with Gasteiger partial charge in [-0.3, -0.25) is 0 Å². The molecule has 5 nitrogen and oxygen atoms in total. The zero-order chi connectivity index (χ0) is 15.2. The van der Waals surface area contributed by atoms with Crippen LogP contribution in [-0.2, 0) is 0 Å². The first-order valence-electron chi connectivity index (χ1n) is 7.40. The lowest BCUT2D eigenvalue weighted by molar-refractivity contribution is 0.217. The molecule has 1 aromatic carbocycles. The molecule has 1 aliphatic heterocycles. The predicted molar refractivity (Wildman–Crippen MR) is 84.8 cm³/mol. The lowest BCUT2D eigenvalue weighted by atomic mass is 9.98. The number of rotatable bonds is 6. The quantitative estimate of drug-likeness (QED) is 0.873. The Morgan fingerprint density at radius 1 is 1.14 bits per heavy atom. The summed E-state index contributed by atoms with van der Waals surface area (Å²) in [6.07, 6.45) is 2.56. The van der Waals surface area contributed by atoms with Gasteiger partial charge < -0.3 is 24.4 Å². The van der Waals surface area contributed by atoms with Gasteiger partial charge in [0.2, 0.25) is 5.75 Å². The third kappa shape index (κ3) is 3.94. The van der Waals surface area contributed by atoms with Crippen molar-refractivity contribution in [3.63, 3.8) is 0 Å². The number of methoxy groups -OCH3 is 3. The number of likely N-dealkylation sites (tertiary alicyclic amines) is 1. The van der Waals surface area contributed by atoms with E-state index >= 15 is 0 Å². The Labute approximate surface area is 127 Å². The minimum absolute atomic E-state index is 0.628. The normalized spacial score (nSPS) is 19.1. The van der Waals surface area contributed by atoms with Crippen LogP contribution in [0.2, 0.25) is 0 Å². The predicted octanol–water partition coefficient (Wildman–Crippen LogP) is 2.47. The van der Waals surface area contributed by atoms with E-state index in [1.807, 2.05) is 12.1 Å². The van der Waals surface area contributed by atoms with E-state index in [4.69, 9.17) is 14.2 Å². The fourth-order valence-corrected chi connectivity index (χ4v) is 2.89. The average molecular weight is 294 g/mol. The van der Waals surface area contributed by atoms with Gasteiger partial charge in [-0.1, -0.05) is 0 Å². The third-order valence-corrected chi connectivity index (χ3v) is 3.98. The zero-order valence-electron chi connectivity index (χ0n) is 13.4. The lowest BCUT2D eigenvalue weighted by Crippen LogP contribution is -2.35. The molecule has 21 heavy (non-hydrogen) atoms. The van der Waals surface area contributed by atoms with Crippen LogP contribution in [0.3, 0.4) is 0 Å². The monoisotopic (exact) mass is 294 g/mol. The first kappa shape index (κ1) is 15.8. The van der Waals surface area contributed by atoms with Crippen LogP contribution in [0.1, 0.15) is 12.8 Å². The Bertz CT molecular complexity index is 440. The molecule has 1 aliphatic rings. The van der Waals surface area contributed by atoms with Crippen LogP contribution in [-0.4, -0.2) is 52.9 Å². The highest BCUT2D eigenvalue weighted by molar-refractivity contribution is 5.62. The molecule has 0 aliphatic carbocycles. The average Bonchev–Trinajstić information content (AvgIpc) is 2.51. The van der Waals surface area contributed by atoms with Gasteiger partial charge >= 0.3 is 0 Å². The van der Waals surface area contributed by atoms with E-state index in [9.17, 15) is 0 Å². The molecule has 0 amide bonds. The van der Waals surface area contributed by atoms with Gasteiger partial charge in [0, 0.05) is 30.9 Å². The Morgan fingerprint density at radius 2 is 1.81 bits per heavy atom. The number of hydrogen-bond donors (Lipinski definition) is 1. The molecule has 1 heterocycles. The minimum atomic E-state index is 0.628. The standard InChI is InChI=1S/C16H26N2O3/c1-18-7-5-6-12(11-18)10-17-13-8-14(19-2)16(21-4)15(9-13)20-3/h8-9,12,17H,5-7,10-11H2,1-4H3. The Morgan fingerprint density at radius 3 is 2.33 bits per heavy atom. The Kier molecular flexibility index (Phi) is 5.56. The van der Waals surface area contributed by atoms with Crippen LogP contribution in [0.4, 0.5) is 5.69 Å². The number of nitrogens with one attached hydrogen (secondary N) is 1. The van der Waals surface area contributed by atoms with Gasteiger partial charge in [-0.05, 0) is 32.4 Å². The molecule has 0 spiro atoms. The first-order valence-corrected chi connectivity index (χ1v) is 7.40. The van der Waals surface area contributed by atoms with E-state index < -0.39 is 0 Å². The zero-order valence-corrected chi connectivity index (χ0v) is 13.4. The summed E-state index contributed by atoms with van der Waals surface area (Å²) in [5.74, 6) is 2.67. The van der Waals surface area contributed by atoms with E-state index in [2.05, 4.69) is 17.3 Å². The van der Waals surface area contributed by atoms with Crippen molar-refractivity contribution in [3.05, 3.63) is 12.1 Å². The van der Waals surface area contributed by atoms with E-state index in [1.54, 1.807) is 21.3 Å². The highest BCUT2D eigenvalue weighted by Crippen LogP contribution is 2.40. The Balaban J connectivity index is 2.05. The van der Waals surface area contributed by atoms with Gasteiger partial charge in [0.1, 0.15) is 0 Å². The van der Waals surface area contributed by atoms with Gasteiger partial charge in [0.05, 0.1) is 21.3 Å². The number of hydrogen-bond acceptors (Lipinski definition) is 5. The van der Waals surface area contributed by atoms with Gasteiger partial charge in [0.15, 0.2) is 11.5 Å². The maximum Gasteiger partial charge on any atom is 0.203 e. The van der Waals surface area contributed by atoms with Crippen molar-refractivity contribution in [2.45, 2.75) is 12.8 Å². The number of ether oxygens (including phenoxy) is 3. The van der Waals surface area contributed by atoms with E-state index in [0.717, 1.165) is 18.8 Å². The summed E-state index contributed by atoms with van der Waals surface area (Å²) in [5.41, 5.74) is 0.998. The van der Waals surface area contributed by atoms with Crippen LogP contribution in [0.15, 0.2) is 12.1 Å². The molecule has 0 bridgehead atoms. The van der Waals surface area contributed by atoms with Crippen molar-refractivity contribution in [1.82, 2.24) is 4.90 Å². The fraction of sp³-hybridized carbons (Fsp3) is 0.625. The number of benzene rings is 1. The smallest absolute Gasteiger partial charge is 0.203 e. The molecule has 1 N–H and O–H groups in total. The van der Waals surface area contributed by atoms with Crippen molar-refractivity contribution in [2.24, 2.45) is 5.92 Å². The van der Waals surface area contributed by atoms with Crippen LogP contribution in [0.5, 0.6) is 17.2 Å². The summed E-state index contributed by atoms with van der Waals surface area (Å²) >= 11 is 0. The van der Waals surface area contributed by atoms with Gasteiger partial charge in [-0.2, -0.15) is 0 Å². The van der Waals surface area contributed by atoms with Gasteiger partial charge in [-0.15, -0.1) is 0 Å². The van der Waals surface area contributed by atoms with Crippen LogP contribution in [0, 0.1) is 5.92 Å². The fourth-order valence-electron chi connectivity index (χ4n) is 2.89. The summed E-state index contributed by atoms with van der Waals surface area (Å²) in [6, 6.07) is 3.90. The van der Waals surface area contributed by atoms with Crippen LogP contribution < -0.4 is 19.5 Å². The topological polar surface area (TPSA) is 43.0 Å². The highest BCUT2D eigenvalue weighted by Gasteiger charge is 2.18. The lowest BCUT2D eigenvalue weighted by Gasteiger charge is -2.30. The molecule has 1 saturated heterocycles. The molecule has 1 unspecified atom stereocenters. The van der Waals surface area contributed by atoms with Crippen molar-refractivity contribution >= 4 is 5.69 Å². The van der Waals surface area contributed by atoms with Crippen molar-refractivity contribution in [2.75, 3.05) is 53.3 Å². The molecule has 118 valence electrons. The molecule has 0 saturated carbocycles. The van der Waals surface area contributed by atoms with Crippen molar-refractivity contribution in [3.8, 4) is 17.2 Å². The summed E-state index contributed by atoms with van der Waals surface area (Å²) in [6.45, 7) is 3.32. The summed E-state index contributed by atoms with van der Waals surface area (Å²) in [4.78, 5) is 2.39. The van der Waals surface area contributed by atoms with E-state index in [1.165, 1.54) is 19.4 Å². The van der Waals surface area contributed by atoms with Gasteiger partial charge in [0.25, 0.3) is 0 Å². The van der Waals surface area contributed by atoms with Crippen LogP contribution in [0.25, 0.3) is 0 Å². The molecule has 1 aromatic rings. The maximum absolute atomic E-state index is 5.38. The minimum Gasteiger partial charge on any atom is -0.493 e. The second kappa shape index (κ2) is 7.41. The van der Waals surface area contributed by atoms with E-state index in [-0.39, 0.29) is 0 Å². The summed E-state index contributed by atoms with van der Waals surface area (Å²) < 4.78 is 16.1. The number of piperidine rings is 1. The molecular formula is C16H26N2O3. The molecule has 2 rings (SSSR count). The number of nitrogens with zero attached hydrogens (tertiary/aromatic N) is 1. The molecule has 5 heteroatoms. The van der Waals surface area contributed by atoms with Crippen molar-refractivity contribution < 1.29 is 14.2 Å². The summed E-state index contributed by atoms with van der Waals surface area (Å²) in [7, 11) is 7.07. The second-order valence-electron chi connectivity index (χ2n) is 5.57. The largest absolute Gasteiger partial charge is 0.493 e. The second-order valence-corrected chi connectivity index (χ2v) is 5.57. The highest BCUT2D eigenvalue weighted by atomic mass is 16.5. The van der Waals surface area contributed by atoms with Crippen molar-refractivity contribution in [1.29, 1.82) is 0 Å². The number of anilines is 1. The Hall–Kier alpha value is -1.62. The maximum atomic E-state index is 5.38. The van der Waals surface area contributed by atoms with Crippen LogP contribution >= 0.6 is 0 Å². The molecule has 1 fully saturated rings. The SMILES string of the molecule is COc1cc(NCC2CCCN(C)C2)cc(OC)c1OC. The first-order chi connectivity index (χ1) is 10.2. The van der Waals surface area contributed by atoms with Gasteiger partial charge in [-0.25, -0.2) is 0 Å². The third-order valence-electron chi connectivity index (χ3n) is 3.98. The molecule has 0 aromatic heterocycles. The molecular weight excluding hydrogens is 268 g/mol.